The van der Waals surface area contributed by atoms with Crippen molar-refractivity contribution in [3.63, 3.8) is 0 Å². The van der Waals surface area contributed by atoms with Gasteiger partial charge in [-0.1, -0.05) is 12.1 Å². The van der Waals surface area contributed by atoms with Gasteiger partial charge in [0.05, 0.1) is 5.39 Å². The van der Waals surface area contributed by atoms with Crippen LogP contribution >= 0.6 is 0 Å². The summed E-state index contributed by atoms with van der Waals surface area (Å²) in [5.41, 5.74) is 2.13. The number of hydrogen-bond acceptors (Lipinski definition) is 4. The maximum atomic E-state index is 13.3. The summed E-state index contributed by atoms with van der Waals surface area (Å²) in [5.74, 6) is 0.776. The van der Waals surface area contributed by atoms with Crippen molar-refractivity contribution < 1.29 is 13.9 Å². The van der Waals surface area contributed by atoms with Gasteiger partial charge in [-0.15, -0.1) is 0 Å². The van der Waals surface area contributed by atoms with Gasteiger partial charge in [0.25, 0.3) is 0 Å². The van der Waals surface area contributed by atoms with Crippen molar-refractivity contribution in [1.29, 1.82) is 0 Å². The average molecular weight is 351 g/mol. The molecule has 0 amide bonds. The molecule has 1 aromatic carbocycles. The van der Waals surface area contributed by atoms with Crippen molar-refractivity contribution >= 4 is 22.9 Å². The van der Waals surface area contributed by atoms with Gasteiger partial charge in [0.1, 0.15) is 24.4 Å². The van der Waals surface area contributed by atoms with Crippen molar-refractivity contribution in [2.24, 2.45) is 5.92 Å². The second-order valence-corrected chi connectivity index (χ2v) is 6.51. The smallest absolute Gasteiger partial charge is 0.227 e. The lowest BCUT2D eigenvalue weighted by atomic mass is 10.1. The Bertz CT molecular complexity index is 976. The fraction of sp³-hybridized carbons (Fsp3) is 0.250. The zero-order valence-corrected chi connectivity index (χ0v) is 14.1. The highest BCUT2D eigenvalue weighted by Gasteiger charge is 2.23. The molecule has 132 valence electrons. The number of H-pyrrole nitrogens is 1. The van der Waals surface area contributed by atoms with E-state index in [4.69, 9.17) is 4.74 Å². The maximum Gasteiger partial charge on any atom is 0.227 e. The number of fused-ring (bicyclic) bond motifs is 1. The minimum Gasteiger partial charge on any atom is -0.472 e. The Morgan fingerprint density at radius 3 is 3.04 bits per heavy atom. The van der Waals surface area contributed by atoms with E-state index >= 15 is 0 Å². The van der Waals surface area contributed by atoms with E-state index < -0.39 is 0 Å². The number of aromatic amines is 1. The van der Waals surface area contributed by atoms with Crippen LogP contribution in [-0.4, -0.2) is 20.7 Å². The molecule has 2 aromatic heterocycles. The van der Waals surface area contributed by atoms with Gasteiger partial charge in [0.2, 0.25) is 5.88 Å². The number of carbonyl (C=O) groups excluding carboxylic acids is 1. The zero-order valence-electron chi connectivity index (χ0n) is 14.1. The van der Waals surface area contributed by atoms with Crippen LogP contribution in [-0.2, 0) is 11.4 Å². The van der Waals surface area contributed by atoms with Gasteiger partial charge < -0.3 is 9.72 Å². The molecule has 1 fully saturated rings. The van der Waals surface area contributed by atoms with Crippen molar-refractivity contribution in [1.82, 2.24) is 15.0 Å². The van der Waals surface area contributed by atoms with Crippen LogP contribution in [0.15, 0.2) is 42.9 Å². The zero-order chi connectivity index (χ0) is 17.9. The quantitative estimate of drug-likeness (QED) is 0.652. The minimum absolute atomic E-state index is 0.126. The van der Waals surface area contributed by atoms with E-state index in [0.717, 1.165) is 18.4 Å². The molecule has 5 nitrogen and oxygen atoms in total. The Labute approximate surface area is 149 Å². The number of halogens is 1. The Hall–Kier alpha value is -3.02. The summed E-state index contributed by atoms with van der Waals surface area (Å²) in [6, 6.07) is 6.24. The van der Waals surface area contributed by atoms with Crippen LogP contribution in [0.4, 0.5) is 4.39 Å². The van der Waals surface area contributed by atoms with Crippen molar-refractivity contribution in [2.45, 2.75) is 25.9 Å². The molecule has 3 aromatic rings. The van der Waals surface area contributed by atoms with E-state index in [0.29, 0.717) is 34.8 Å². The summed E-state index contributed by atoms with van der Waals surface area (Å²) < 4.78 is 19.1. The molecule has 1 aliphatic carbocycles. The summed E-state index contributed by atoms with van der Waals surface area (Å²) in [7, 11) is 0. The van der Waals surface area contributed by atoms with Crippen LogP contribution in [0.3, 0.4) is 0 Å². The highest BCUT2D eigenvalue weighted by molar-refractivity contribution is 5.98. The fourth-order valence-corrected chi connectivity index (χ4v) is 2.83. The molecule has 0 spiro atoms. The molecule has 0 unspecified atom stereocenters. The molecule has 6 heteroatoms. The second kappa shape index (κ2) is 7.07. The number of ether oxygens (including phenoxy) is 1. The molecule has 0 aliphatic heterocycles. The number of hydrogen-bond donors (Lipinski definition) is 1. The first-order valence-corrected chi connectivity index (χ1v) is 8.59. The third kappa shape index (κ3) is 3.79. The summed E-state index contributed by atoms with van der Waals surface area (Å²) in [6.45, 7) is 0.193. The largest absolute Gasteiger partial charge is 0.472 e. The third-order valence-electron chi connectivity index (χ3n) is 4.37. The molecule has 0 saturated heterocycles. The Balaban J connectivity index is 1.55. The van der Waals surface area contributed by atoms with Crippen LogP contribution in [0.5, 0.6) is 5.88 Å². The molecule has 1 aliphatic rings. The molecular formula is C20H18FN3O2. The van der Waals surface area contributed by atoms with Crippen molar-refractivity contribution in [2.75, 3.05) is 0 Å². The van der Waals surface area contributed by atoms with E-state index in [1.807, 2.05) is 0 Å². The molecule has 1 saturated carbocycles. The van der Waals surface area contributed by atoms with Crippen LogP contribution in [0.1, 0.15) is 30.4 Å². The number of aromatic nitrogens is 3. The highest BCUT2D eigenvalue weighted by Crippen LogP contribution is 2.33. The first kappa shape index (κ1) is 16.4. The summed E-state index contributed by atoms with van der Waals surface area (Å²) in [5, 5.41) is 0.708. The fourth-order valence-electron chi connectivity index (χ4n) is 2.83. The van der Waals surface area contributed by atoms with Gasteiger partial charge in [-0.05, 0) is 48.6 Å². The average Bonchev–Trinajstić information content (AvgIpc) is 3.35. The molecule has 26 heavy (non-hydrogen) atoms. The van der Waals surface area contributed by atoms with Crippen LogP contribution in [0.25, 0.3) is 17.1 Å². The predicted octanol–water partition coefficient (Wildman–Crippen LogP) is 4.06. The molecule has 0 radical (unpaired) electrons. The van der Waals surface area contributed by atoms with Crippen LogP contribution < -0.4 is 4.74 Å². The van der Waals surface area contributed by atoms with E-state index in [2.05, 4.69) is 15.0 Å². The lowest BCUT2D eigenvalue weighted by molar-refractivity contribution is -0.114. The van der Waals surface area contributed by atoms with Crippen LogP contribution in [0, 0.1) is 11.7 Å². The van der Waals surface area contributed by atoms with Gasteiger partial charge in [-0.25, -0.2) is 14.4 Å². The van der Waals surface area contributed by atoms with E-state index in [9.17, 15) is 9.18 Å². The standard InChI is InChI=1S/C20H18FN3O2/c21-16-3-1-2-14(8-16)11-26-20-18-15(10-22-19(18)23-12-24-20)6-7-17(25)9-13-4-5-13/h1-3,6-8,10,12-13H,4-5,9,11H2,(H,22,23,24)/b7-6+. The van der Waals surface area contributed by atoms with Gasteiger partial charge in [0.15, 0.2) is 5.78 Å². The third-order valence-corrected chi connectivity index (χ3v) is 4.37. The Kier molecular flexibility index (Phi) is 4.48. The molecule has 4 rings (SSSR count). The highest BCUT2D eigenvalue weighted by atomic mass is 19.1. The maximum absolute atomic E-state index is 13.3. The van der Waals surface area contributed by atoms with E-state index in [-0.39, 0.29) is 18.2 Å². The molecule has 0 atom stereocenters. The molecule has 0 bridgehead atoms. The number of nitrogens with zero attached hydrogens (tertiary/aromatic N) is 2. The monoisotopic (exact) mass is 351 g/mol. The first-order valence-electron chi connectivity index (χ1n) is 8.59. The second-order valence-electron chi connectivity index (χ2n) is 6.51. The number of rotatable bonds is 7. The van der Waals surface area contributed by atoms with E-state index in [1.165, 1.54) is 18.5 Å². The normalized spacial score (nSPS) is 14.2. The van der Waals surface area contributed by atoms with Crippen LogP contribution in [0.2, 0.25) is 0 Å². The lowest BCUT2D eigenvalue weighted by Crippen LogP contribution is -1.99. The number of ketones is 1. The Morgan fingerprint density at radius 2 is 2.23 bits per heavy atom. The van der Waals surface area contributed by atoms with Gasteiger partial charge >= 0.3 is 0 Å². The van der Waals surface area contributed by atoms with Crippen molar-refractivity contribution in [3.8, 4) is 5.88 Å². The molecular weight excluding hydrogens is 333 g/mol. The summed E-state index contributed by atoms with van der Waals surface area (Å²) >= 11 is 0. The topological polar surface area (TPSA) is 67.9 Å². The molecule has 1 N–H and O–H groups in total. The number of nitrogens with one attached hydrogen (secondary N) is 1. The molecule has 2 heterocycles. The van der Waals surface area contributed by atoms with Crippen molar-refractivity contribution in [3.05, 3.63) is 59.8 Å². The number of benzene rings is 1. The Morgan fingerprint density at radius 1 is 1.35 bits per heavy atom. The summed E-state index contributed by atoms with van der Waals surface area (Å²) in [4.78, 5) is 23.4. The first-order chi connectivity index (χ1) is 12.7. The van der Waals surface area contributed by atoms with Gasteiger partial charge in [0, 0.05) is 18.2 Å². The number of carbonyl (C=O) groups is 1. The van der Waals surface area contributed by atoms with Gasteiger partial charge in [-0.2, -0.15) is 0 Å². The SMILES string of the molecule is O=C(/C=C/c1c[nH]c2ncnc(OCc3cccc(F)c3)c12)CC1CC1. The van der Waals surface area contributed by atoms with E-state index in [1.54, 1.807) is 30.5 Å². The summed E-state index contributed by atoms with van der Waals surface area (Å²) in [6.07, 6.45) is 9.46. The van der Waals surface area contributed by atoms with Gasteiger partial charge in [-0.3, -0.25) is 4.79 Å². The lowest BCUT2D eigenvalue weighted by Gasteiger charge is -2.07. The predicted molar refractivity (Wildman–Crippen MR) is 96.0 cm³/mol. The number of allylic oxidation sites excluding steroid dienone is 1. The minimum atomic E-state index is -0.307.